The monoisotopic (exact) mass is 391 g/mol. The third kappa shape index (κ3) is 8.64. The van der Waals surface area contributed by atoms with Gasteiger partial charge < -0.3 is 10.4 Å². The normalized spacial score (nSPS) is 12.2. The van der Waals surface area contributed by atoms with Gasteiger partial charge in [-0.3, -0.25) is 0 Å². The Morgan fingerprint density at radius 1 is 0.926 bits per heavy atom. The average molecular weight is 392 g/mol. The first-order valence-corrected chi connectivity index (χ1v) is 11.4. The largest absolute Gasteiger partial charge is 0.507 e. The van der Waals surface area contributed by atoms with E-state index in [2.05, 4.69) is 19.2 Å². The lowest BCUT2D eigenvalue weighted by Crippen LogP contribution is -2.19. The van der Waals surface area contributed by atoms with Crippen LogP contribution in [0.4, 0.5) is 5.69 Å². The van der Waals surface area contributed by atoms with Crippen molar-refractivity contribution < 1.29 is 5.11 Å². The molecule has 0 aliphatic rings. The van der Waals surface area contributed by atoms with E-state index in [1.807, 2.05) is 26.8 Å². The molecule has 3 heteroatoms. The number of rotatable bonds is 13. The zero-order valence-corrected chi connectivity index (χ0v) is 19.1. The summed E-state index contributed by atoms with van der Waals surface area (Å²) in [6.07, 6.45) is 14.8. The summed E-state index contributed by atoms with van der Waals surface area (Å²) in [5.74, 6) is 0.783. The SMILES string of the molecule is CCCCCCCCCCCCC(C)C(=S)Nc1cc(C)c(O)c(C)c1C. The van der Waals surface area contributed by atoms with E-state index in [1.165, 1.54) is 64.2 Å². The predicted octanol–water partition coefficient (Wildman–Crippen LogP) is 8.00. The Morgan fingerprint density at radius 3 is 2.00 bits per heavy atom. The first-order valence-electron chi connectivity index (χ1n) is 11.0. The van der Waals surface area contributed by atoms with Crippen molar-refractivity contribution in [1.82, 2.24) is 0 Å². The highest BCUT2D eigenvalue weighted by molar-refractivity contribution is 7.80. The fourth-order valence-electron chi connectivity index (χ4n) is 3.52. The van der Waals surface area contributed by atoms with Crippen LogP contribution in [-0.4, -0.2) is 10.1 Å². The molecule has 0 radical (unpaired) electrons. The highest BCUT2D eigenvalue weighted by atomic mass is 32.1. The summed E-state index contributed by atoms with van der Waals surface area (Å²) in [6, 6.07) is 2.00. The summed E-state index contributed by atoms with van der Waals surface area (Å²) in [7, 11) is 0. The van der Waals surface area contributed by atoms with Crippen LogP contribution >= 0.6 is 12.2 Å². The van der Waals surface area contributed by atoms with Gasteiger partial charge in [-0.15, -0.1) is 0 Å². The molecule has 1 unspecified atom stereocenters. The Labute approximate surface area is 173 Å². The summed E-state index contributed by atoms with van der Waals surface area (Å²) >= 11 is 5.63. The number of thiocarbonyl (C=S) groups is 1. The van der Waals surface area contributed by atoms with Crippen molar-refractivity contribution in [2.24, 2.45) is 5.92 Å². The third-order valence-corrected chi connectivity index (χ3v) is 6.26. The third-order valence-electron chi connectivity index (χ3n) is 5.75. The van der Waals surface area contributed by atoms with E-state index in [0.717, 1.165) is 33.8 Å². The molecule has 1 rings (SSSR count). The summed E-state index contributed by atoms with van der Waals surface area (Å²) < 4.78 is 0. The Balaban J connectivity index is 2.24. The molecule has 1 atom stereocenters. The van der Waals surface area contributed by atoms with E-state index < -0.39 is 0 Å². The molecule has 2 nitrogen and oxygen atoms in total. The molecule has 0 bridgehead atoms. The molecule has 0 aliphatic heterocycles. The average Bonchev–Trinajstić information content (AvgIpc) is 2.65. The zero-order chi connectivity index (χ0) is 20.2. The minimum absolute atomic E-state index is 0.391. The molecule has 1 aromatic rings. The van der Waals surface area contributed by atoms with Gasteiger partial charge in [0.25, 0.3) is 0 Å². The van der Waals surface area contributed by atoms with Crippen LogP contribution in [0.5, 0.6) is 5.75 Å². The van der Waals surface area contributed by atoms with E-state index >= 15 is 0 Å². The van der Waals surface area contributed by atoms with Gasteiger partial charge in [0.15, 0.2) is 0 Å². The Hall–Kier alpha value is -1.09. The molecule has 0 aliphatic carbocycles. The number of hydrogen-bond donors (Lipinski definition) is 2. The second-order valence-electron chi connectivity index (χ2n) is 8.20. The molecule has 0 saturated carbocycles. The van der Waals surface area contributed by atoms with Crippen LogP contribution in [0.1, 0.15) is 101 Å². The van der Waals surface area contributed by atoms with Gasteiger partial charge in [-0.05, 0) is 49.9 Å². The highest BCUT2D eigenvalue weighted by Gasteiger charge is 2.13. The molecule has 154 valence electrons. The number of nitrogens with one attached hydrogen (secondary N) is 1. The van der Waals surface area contributed by atoms with Crippen LogP contribution in [-0.2, 0) is 0 Å². The first kappa shape index (κ1) is 23.9. The van der Waals surface area contributed by atoms with Crippen LogP contribution in [0.15, 0.2) is 6.07 Å². The van der Waals surface area contributed by atoms with Crippen LogP contribution in [0.25, 0.3) is 0 Å². The van der Waals surface area contributed by atoms with Gasteiger partial charge in [0, 0.05) is 11.6 Å². The van der Waals surface area contributed by atoms with Gasteiger partial charge in [-0.25, -0.2) is 0 Å². The zero-order valence-electron chi connectivity index (χ0n) is 18.3. The van der Waals surface area contributed by atoms with Gasteiger partial charge in [0.1, 0.15) is 5.75 Å². The van der Waals surface area contributed by atoms with Gasteiger partial charge in [-0.1, -0.05) is 90.3 Å². The maximum Gasteiger partial charge on any atom is 0.121 e. The van der Waals surface area contributed by atoms with E-state index in [0.29, 0.717) is 11.7 Å². The quantitative estimate of drug-likeness (QED) is 0.203. The molecule has 0 spiro atoms. The van der Waals surface area contributed by atoms with Gasteiger partial charge in [-0.2, -0.15) is 0 Å². The Kier molecular flexibility index (Phi) is 11.7. The molecule has 2 N–H and O–H groups in total. The predicted molar refractivity (Wildman–Crippen MR) is 124 cm³/mol. The van der Waals surface area contributed by atoms with E-state index in [4.69, 9.17) is 12.2 Å². The fraction of sp³-hybridized carbons (Fsp3) is 0.708. The van der Waals surface area contributed by atoms with E-state index in [1.54, 1.807) is 0 Å². The molecular weight excluding hydrogens is 350 g/mol. The molecular formula is C24H41NOS. The molecule has 0 aromatic heterocycles. The summed E-state index contributed by atoms with van der Waals surface area (Å²) in [5.41, 5.74) is 3.93. The molecule has 27 heavy (non-hydrogen) atoms. The number of aromatic hydroxyl groups is 1. The molecule has 0 saturated heterocycles. The second kappa shape index (κ2) is 13.1. The molecule has 0 fully saturated rings. The Morgan fingerprint density at radius 2 is 1.44 bits per heavy atom. The van der Waals surface area contributed by atoms with Crippen molar-refractivity contribution in [3.8, 4) is 5.75 Å². The van der Waals surface area contributed by atoms with E-state index in [9.17, 15) is 5.11 Å². The maximum atomic E-state index is 10.1. The molecule has 0 heterocycles. The number of benzene rings is 1. The van der Waals surface area contributed by atoms with Crippen molar-refractivity contribution in [1.29, 1.82) is 0 Å². The van der Waals surface area contributed by atoms with Crippen molar-refractivity contribution >= 4 is 22.9 Å². The van der Waals surface area contributed by atoms with Crippen molar-refractivity contribution in [3.63, 3.8) is 0 Å². The standard InChI is InChI=1S/C24H41NOS/c1-6-7-8-9-10-11-12-13-14-15-16-18(2)24(27)25-22-17-19(3)23(26)21(5)20(22)4/h17-18,26H,6-16H2,1-5H3,(H,25,27). The molecule has 0 amide bonds. The number of aryl methyl sites for hydroxylation is 1. The van der Waals surface area contributed by atoms with Gasteiger partial charge >= 0.3 is 0 Å². The van der Waals surface area contributed by atoms with Crippen LogP contribution in [0.2, 0.25) is 0 Å². The van der Waals surface area contributed by atoms with Crippen LogP contribution < -0.4 is 5.32 Å². The minimum atomic E-state index is 0.391. The van der Waals surface area contributed by atoms with Gasteiger partial charge in [0.2, 0.25) is 0 Å². The summed E-state index contributed by atoms with van der Waals surface area (Å²) in [5, 5.41) is 13.5. The Bertz CT molecular complexity index is 582. The van der Waals surface area contributed by atoms with E-state index in [-0.39, 0.29) is 0 Å². The number of unbranched alkanes of at least 4 members (excludes halogenated alkanes) is 9. The lowest BCUT2D eigenvalue weighted by molar-refractivity contribution is 0.466. The highest BCUT2D eigenvalue weighted by Crippen LogP contribution is 2.31. The number of phenolic OH excluding ortho intramolecular Hbond substituents is 1. The van der Waals surface area contributed by atoms with Crippen molar-refractivity contribution in [2.75, 3.05) is 5.32 Å². The van der Waals surface area contributed by atoms with Crippen LogP contribution in [0.3, 0.4) is 0 Å². The smallest absolute Gasteiger partial charge is 0.121 e. The second-order valence-corrected chi connectivity index (χ2v) is 8.64. The summed E-state index contributed by atoms with van der Waals surface area (Å²) in [6.45, 7) is 10.4. The molecule has 1 aromatic carbocycles. The first-order chi connectivity index (χ1) is 12.9. The fourth-order valence-corrected chi connectivity index (χ4v) is 3.75. The summed E-state index contributed by atoms with van der Waals surface area (Å²) in [4.78, 5) is 0.915. The number of anilines is 1. The van der Waals surface area contributed by atoms with Crippen LogP contribution in [0, 0.1) is 26.7 Å². The van der Waals surface area contributed by atoms with Crippen molar-refractivity contribution in [3.05, 3.63) is 22.8 Å². The maximum absolute atomic E-state index is 10.1. The lowest BCUT2D eigenvalue weighted by atomic mass is 9.99. The lowest BCUT2D eigenvalue weighted by Gasteiger charge is -2.19. The topological polar surface area (TPSA) is 32.3 Å². The number of phenols is 1. The number of hydrogen-bond acceptors (Lipinski definition) is 2. The van der Waals surface area contributed by atoms with Gasteiger partial charge in [0.05, 0.1) is 4.99 Å². The minimum Gasteiger partial charge on any atom is -0.507 e. The van der Waals surface area contributed by atoms with Crippen molar-refractivity contribution in [2.45, 2.75) is 105 Å².